The van der Waals surface area contributed by atoms with Crippen LogP contribution in [0, 0.1) is 5.92 Å². The zero-order chi connectivity index (χ0) is 25.0. The molecule has 4 atom stereocenters. The number of nitrogens with one attached hydrogen (secondary N) is 1. The van der Waals surface area contributed by atoms with Crippen LogP contribution in [0.3, 0.4) is 0 Å². The lowest BCUT2D eigenvalue weighted by molar-refractivity contribution is -0.173. The van der Waals surface area contributed by atoms with Crippen molar-refractivity contribution >= 4 is 11.9 Å². The Hall–Kier alpha value is -2.78. The van der Waals surface area contributed by atoms with Gasteiger partial charge in [0.25, 0.3) is 5.91 Å². The van der Waals surface area contributed by atoms with Crippen molar-refractivity contribution in [1.82, 2.24) is 10.2 Å². The molecule has 5 N–H and O–H groups in total. The van der Waals surface area contributed by atoms with E-state index < -0.39 is 34.5 Å². The molecule has 1 spiro atoms. The van der Waals surface area contributed by atoms with E-state index >= 15 is 0 Å². The van der Waals surface area contributed by atoms with E-state index in [1.54, 1.807) is 6.07 Å². The van der Waals surface area contributed by atoms with Gasteiger partial charge in [-0.1, -0.05) is 18.9 Å². The van der Waals surface area contributed by atoms with Gasteiger partial charge in [-0.05, 0) is 62.6 Å². The van der Waals surface area contributed by atoms with Crippen LogP contribution in [0.1, 0.15) is 62.5 Å². The number of carbonyl (C=O) groups is 2. The van der Waals surface area contributed by atoms with Crippen molar-refractivity contribution in [3.63, 3.8) is 0 Å². The van der Waals surface area contributed by atoms with Gasteiger partial charge in [0.15, 0.2) is 17.6 Å². The summed E-state index contributed by atoms with van der Waals surface area (Å²) in [6, 6.07) is 3.20. The number of ether oxygens (including phenoxy) is 1. The molecule has 1 saturated heterocycles. The molecule has 0 unspecified atom stereocenters. The Morgan fingerprint density at radius 1 is 1.14 bits per heavy atom. The van der Waals surface area contributed by atoms with E-state index in [-0.39, 0.29) is 35.3 Å². The molecular formula is C27H32N2O7. The number of likely N-dealkylation sites (tertiary alicyclic amines) is 1. The van der Waals surface area contributed by atoms with Gasteiger partial charge in [-0.2, -0.15) is 0 Å². The summed E-state index contributed by atoms with van der Waals surface area (Å²) < 4.78 is 6.21. The van der Waals surface area contributed by atoms with Crippen LogP contribution in [0.5, 0.6) is 11.5 Å². The molecule has 1 aromatic rings. The summed E-state index contributed by atoms with van der Waals surface area (Å²) in [6.07, 6.45) is 4.38. The molecule has 7 rings (SSSR count). The third kappa shape index (κ3) is 2.68. The highest BCUT2D eigenvalue weighted by Crippen LogP contribution is 2.66. The van der Waals surface area contributed by atoms with E-state index in [2.05, 4.69) is 10.2 Å². The lowest BCUT2D eigenvalue weighted by Crippen LogP contribution is -2.76. The highest BCUT2D eigenvalue weighted by atomic mass is 16.5. The first-order valence-corrected chi connectivity index (χ1v) is 13.2. The van der Waals surface area contributed by atoms with Gasteiger partial charge < -0.3 is 30.5 Å². The van der Waals surface area contributed by atoms with Crippen LogP contribution in [0.4, 0.5) is 0 Å². The molecule has 2 saturated carbocycles. The molecule has 2 aliphatic heterocycles. The highest BCUT2D eigenvalue weighted by molar-refractivity contribution is 5.98. The van der Waals surface area contributed by atoms with Crippen molar-refractivity contribution in [3.8, 4) is 11.5 Å². The number of benzene rings is 1. The van der Waals surface area contributed by atoms with Crippen molar-refractivity contribution in [2.24, 2.45) is 5.92 Å². The number of carboxylic acids is 1. The lowest BCUT2D eigenvalue weighted by atomic mass is 9.49. The zero-order valence-electron chi connectivity index (χ0n) is 20.1. The molecule has 9 heteroatoms. The minimum Gasteiger partial charge on any atom is -0.508 e. The number of carboxylic acid groups (broad SMARTS) is 1. The fourth-order valence-electron chi connectivity index (χ4n) is 8.03. The second-order valence-corrected chi connectivity index (χ2v) is 11.8. The number of phenols is 1. The Morgan fingerprint density at radius 3 is 2.58 bits per heavy atom. The van der Waals surface area contributed by atoms with Gasteiger partial charge in [0.2, 0.25) is 0 Å². The Balaban J connectivity index is 1.35. The maximum Gasteiger partial charge on any atom is 0.329 e. The molecule has 2 bridgehead atoms. The van der Waals surface area contributed by atoms with E-state index in [1.807, 2.05) is 6.07 Å². The largest absolute Gasteiger partial charge is 0.508 e. The fourth-order valence-corrected chi connectivity index (χ4v) is 8.03. The van der Waals surface area contributed by atoms with Gasteiger partial charge in [0.05, 0.1) is 16.6 Å². The van der Waals surface area contributed by atoms with Crippen LogP contribution in [0.2, 0.25) is 0 Å². The first kappa shape index (κ1) is 22.4. The number of nitrogens with zero attached hydrogens (tertiary/aromatic N) is 1. The predicted molar refractivity (Wildman–Crippen MR) is 127 cm³/mol. The third-order valence-corrected chi connectivity index (χ3v) is 10.0. The fraction of sp³-hybridized carbons (Fsp3) is 0.630. The van der Waals surface area contributed by atoms with Crippen LogP contribution in [0.25, 0.3) is 0 Å². The number of rotatable bonds is 5. The maximum atomic E-state index is 13.6. The smallest absolute Gasteiger partial charge is 0.329 e. The molecule has 2 heterocycles. The highest BCUT2D eigenvalue weighted by Gasteiger charge is 2.73. The van der Waals surface area contributed by atoms with E-state index in [0.717, 1.165) is 24.2 Å². The van der Waals surface area contributed by atoms with Gasteiger partial charge in [0, 0.05) is 24.6 Å². The monoisotopic (exact) mass is 496 g/mol. The summed E-state index contributed by atoms with van der Waals surface area (Å²) in [6.45, 7) is 1.61. The van der Waals surface area contributed by atoms with Crippen molar-refractivity contribution in [2.45, 2.75) is 86.5 Å². The zero-order valence-corrected chi connectivity index (χ0v) is 20.1. The van der Waals surface area contributed by atoms with Crippen LogP contribution in [0.15, 0.2) is 23.5 Å². The van der Waals surface area contributed by atoms with Crippen LogP contribution >= 0.6 is 0 Å². The molecule has 6 aliphatic rings. The number of phenolic OH excluding ortho intramolecular Hbond substituents is 1. The Morgan fingerprint density at radius 2 is 1.89 bits per heavy atom. The standard InChI is InChI=1S/C27H32N2O7/c30-17-6-5-15-11-18-27(35)12-16(23(32)28-25(24(33)34)7-1-2-8-25)20(31)22-26(27,19(15)21(17)36-22)9-10-29(18)13-14-3-4-14/h5-6,14,18,22,30-31,35H,1-4,7-13H2,(H,28,32)(H,33,34)/t18-,22+,26+,27-/m1/s1. The molecule has 4 aliphatic carbocycles. The van der Waals surface area contributed by atoms with E-state index in [9.17, 15) is 30.0 Å². The minimum absolute atomic E-state index is 0.0142. The molecule has 192 valence electrons. The first-order valence-electron chi connectivity index (χ1n) is 13.2. The minimum atomic E-state index is -1.41. The maximum absolute atomic E-state index is 13.6. The van der Waals surface area contributed by atoms with Crippen LogP contribution in [-0.2, 0) is 21.4 Å². The number of aliphatic carboxylic acids is 1. The predicted octanol–water partition coefficient (Wildman–Crippen LogP) is 1.89. The number of aliphatic hydroxyl groups is 2. The van der Waals surface area contributed by atoms with Gasteiger partial charge in [-0.25, -0.2) is 4.79 Å². The summed E-state index contributed by atoms with van der Waals surface area (Å²) in [7, 11) is 0. The second-order valence-electron chi connectivity index (χ2n) is 11.8. The van der Waals surface area contributed by atoms with E-state index in [1.165, 1.54) is 12.8 Å². The summed E-state index contributed by atoms with van der Waals surface area (Å²) in [5.41, 5.74) is -2.03. The number of hydrogen-bond acceptors (Lipinski definition) is 7. The van der Waals surface area contributed by atoms with Crippen LogP contribution in [-0.4, -0.2) is 73.6 Å². The van der Waals surface area contributed by atoms with Crippen molar-refractivity contribution in [1.29, 1.82) is 0 Å². The average Bonchev–Trinajstić information content (AvgIpc) is 3.38. The van der Waals surface area contributed by atoms with Crippen LogP contribution < -0.4 is 10.1 Å². The number of piperidine rings is 1. The first-order chi connectivity index (χ1) is 17.2. The Kier molecular flexibility index (Phi) is 4.46. The summed E-state index contributed by atoms with van der Waals surface area (Å²) >= 11 is 0. The molecule has 36 heavy (non-hydrogen) atoms. The van der Waals surface area contributed by atoms with E-state index in [0.29, 0.717) is 44.4 Å². The normalized spacial score (nSPS) is 35.8. The Labute approximate surface area is 208 Å². The number of carbonyl (C=O) groups excluding carboxylic acids is 1. The summed E-state index contributed by atoms with van der Waals surface area (Å²) in [4.78, 5) is 28.0. The number of aromatic hydroxyl groups is 1. The van der Waals surface area contributed by atoms with E-state index in [4.69, 9.17) is 4.74 Å². The lowest BCUT2D eigenvalue weighted by Gasteiger charge is -2.62. The van der Waals surface area contributed by atoms with Gasteiger partial charge in [-0.3, -0.25) is 9.69 Å². The summed E-state index contributed by atoms with van der Waals surface area (Å²) in [5, 5.41) is 47.4. The van der Waals surface area contributed by atoms with Gasteiger partial charge in [-0.15, -0.1) is 0 Å². The molecule has 3 fully saturated rings. The Bertz CT molecular complexity index is 1220. The molecule has 0 radical (unpaired) electrons. The van der Waals surface area contributed by atoms with Gasteiger partial charge in [0.1, 0.15) is 11.3 Å². The van der Waals surface area contributed by atoms with Gasteiger partial charge >= 0.3 is 5.97 Å². The molecule has 0 aromatic heterocycles. The number of aliphatic hydroxyl groups excluding tert-OH is 1. The second kappa shape index (κ2) is 7.16. The number of amides is 1. The summed E-state index contributed by atoms with van der Waals surface area (Å²) in [5.74, 6) is -1.17. The SMILES string of the molecule is O=C(NC1(C(=O)O)CCCC1)C1=C(O)[C@@H]2Oc3c(O)ccc4c3[C@@]23CCN(CC2CC2)[C@H](C4)[C@]3(O)C1. The molecule has 9 nitrogen and oxygen atoms in total. The average molecular weight is 497 g/mol. The quantitative estimate of drug-likeness (QED) is 0.417. The molecular weight excluding hydrogens is 464 g/mol. The third-order valence-electron chi connectivity index (χ3n) is 10.0. The molecule has 1 amide bonds. The van der Waals surface area contributed by atoms with Crippen molar-refractivity contribution < 1.29 is 34.8 Å². The number of hydrogen-bond donors (Lipinski definition) is 5. The molecule has 1 aromatic carbocycles. The topological polar surface area (TPSA) is 140 Å². The van der Waals surface area contributed by atoms with Crippen molar-refractivity contribution in [3.05, 3.63) is 34.6 Å². The van der Waals surface area contributed by atoms with Crippen molar-refractivity contribution in [2.75, 3.05) is 13.1 Å².